The minimum absolute atomic E-state index is 0.125. The molecule has 0 unspecified atom stereocenters. The Morgan fingerprint density at radius 3 is 2.70 bits per heavy atom. The van der Waals surface area contributed by atoms with Crippen LogP contribution in [0.25, 0.3) is 0 Å². The molecule has 0 saturated heterocycles. The third-order valence-corrected chi connectivity index (χ3v) is 8.61. The average molecular weight is 413 g/mol. The molecule has 1 aliphatic rings. The second-order valence-corrected chi connectivity index (χ2v) is 10.3. The number of halogens is 2. The van der Waals surface area contributed by atoms with E-state index >= 15 is 0 Å². The maximum absolute atomic E-state index is 12.8. The summed E-state index contributed by atoms with van der Waals surface area (Å²) in [4.78, 5) is 0. The molecule has 2 heterocycles. The number of sulfonamides is 1. The Balaban J connectivity index is 1.93. The van der Waals surface area contributed by atoms with Crippen LogP contribution in [-0.4, -0.2) is 18.8 Å². The number of rotatable bonds is 5. The Labute approximate surface area is 139 Å². The minimum atomic E-state index is -3.47. The van der Waals surface area contributed by atoms with E-state index in [4.69, 9.17) is 11.6 Å². The lowest BCUT2D eigenvalue weighted by Gasteiger charge is -2.20. The fourth-order valence-corrected chi connectivity index (χ4v) is 6.77. The summed E-state index contributed by atoms with van der Waals surface area (Å²) in [7, 11) is -3.47. The fraction of sp³-hybridized carbons (Fsp3) is 0.333. The number of thiophene rings is 2. The zero-order valence-electron chi connectivity index (χ0n) is 10.3. The van der Waals surface area contributed by atoms with E-state index in [1.165, 1.54) is 17.4 Å². The van der Waals surface area contributed by atoms with Crippen molar-refractivity contribution in [3.8, 4) is 0 Å². The monoisotopic (exact) mass is 411 g/mol. The van der Waals surface area contributed by atoms with Crippen molar-refractivity contribution in [1.82, 2.24) is 4.31 Å². The molecular formula is C12H11BrClNO2S3. The van der Waals surface area contributed by atoms with E-state index in [1.807, 2.05) is 16.8 Å². The molecule has 0 amide bonds. The van der Waals surface area contributed by atoms with Crippen molar-refractivity contribution in [3.05, 3.63) is 37.3 Å². The summed E-state index contributed by atoms with van der Waals surface area (Å²) in [6, 6.07) is 3.61. The molecular weight excluding hydrogens is 402 g/mol. The smallest absolute Gasteiger partial charge is 0.206 e. The van der Waals surface area contributed by atoms with Crippen LogP contribution in [0.4, 0.5) is 0 Å². The maximum Gasteiger partial charge on any atom is 0.253 e. The summed E-state index contributed by atoms with van der Waals surface area (Å²) in [6.07, 6.45) is 1.87. The van der Waals surface area contributed by atoms with Gasteiger partial charge in [0, 0.05) is 12.6 Å². The van der Waals surface area contributed by atoms with E-state index in [2.05, 4.69) is 15.9 Å². The van der Waals surface area contributed by atoms with Gasteiger partial charge in [0.2, 0.25) is 0 Å². The molecule has 1 saturated carbocycles. The maximum atomic E-state index is 12.8. The Bertz CT molecular complexity index is 688. The summed E-state index contributed by atoms with van der Waals surface area (Å²) in [5.74, 6) is 0. The van der Waals surface area contributed by atoms with Crippen molar-refractivity contribution in [2.75, 3.05) is 0 Å². The third kappa shape index (κ3) is 2.98. The van der Waals surface area contributed by atoms with Gasteiger partial charge in [-0.2, -0.15) is 15.6 Å². The van der Waals surface area contributed by atoms with Crippen molar-refractivity contribution in [2.24, 2.45) is 0 Å². The van der Waals surface area contributed by atoms with Crippen LogP contribution in [0, 0.1) is 0 Å². The quantitative estimate of drug-likeness (QED) is 0.721. The normalized spacial score (nSPS) is 15.9. The first-order chi connectivity index (χ1) is 9.48. The predicted octanol–water partition coefficient (Wildman–Crippen LogP) is 4.58. The van der Waals surface area contributed by atoms with Crippen LogP contribution in [0.2, 0.25) is 5.02 Å². The van der Waals surface area contributed by atoms with Gasteiger partial charge in [0.1, 0.15) is 4.21 Å². The molecule has 0 radical (unpaired) electrons. The SMILES string of the molecule is O=S(=O)(c1cc(Cl)c(Br)s1)N(Cc1ccsc1)C1CC1. The van der Waals surface area contributed by atoms with Gasteiger partial charge in [0.15, 0.2) is 0 Å². The molecule has 0 aromatic carbocycles. The highest BCUT2D eigenvalue weighted by molar-refractivity contribution is 9.11. The van der Waals surface area contributed by atoms with Gasteiger partial charge in [-0.25, -0.2) is 8.42 Å². The van der Waals surface area contributed by atoms with Gasteiger partial charge in [-0.15, -0.1) is 11.3 Å². The second-order valence-electron chi connectivity index (χ2n) is 4.60. The van der Waals surface area contributed by atoms with Crippen molar-refractivity contribution in [3.63, 3.8) is 0 Å². The van der Waals surface area contributed by atoms with Gasteiger partial charge in [0.25, 0.3) is 10.0 Å². The summed E-state index contributed by atoms with van der Waals surface area (Å²) in [6.45, 7) is 0.434. The third-order valence-electron chi connectivity index (χ3n) is 3.06. The van der Waals surface area contributed by atoms with E-state index in [9.17, 15) is 8.42 Å². The molecule has 2 aromatic rings. The Morgan fingerprint density at radius 1 is 1.45 bits per heavy atom. The average Bonchev–Trinajstić information content (AvgIpc) is 2.98. The van der Waals surface area contributed by atoms with Crippen molar-refractivity contribution in [2.45, 2.75) is 29.6 Å². The van der Waals surface area contributed by atoms with Gasteiger partial charge >= 0.3 is 0 Å². The highest BCUT2D eigenvalue weighted by Gasteiger charge is 2.39. The van der Waals surface area contributed by atoms with Crippen molar-refractivity contribution >= 4 is 60.2 Å². The summed E-state index contributed by atoms with van der Waals surface area (Å²) < 4.78 is 28.1. The van der Waals surface area contributed by atoms with E-state index in [-0.39, 0.29) is 6.04 Å². The molecule has 108 valence electrons. The highest BCUT2D eigenvalue weighted by Crippen LogP contribution is 2.39. The fourth-order valence-electron chi connectivity index (χ4n) is 1.90. The molecule has 0 bridgehead atoms. The summed E-state index contributed by atoms with van der Waals surface area (Å²) in [5.41, 5.74) is 1.03. The number of hydrogen-bond acceptors (Lipinski definition) is 4. The summed E-state index contributed by atoms with van der Waals surface area (Å²) >= 11 is 12.0. The zero-order chi connectivity index (χ0) is 14.3. The van der Waals surface area contributed by atoms with Crippen molar-refractivity contribution < 1.29 is 8.42 Å². The van der Waals surface area contributed by atoms with Crippen LogP contribution in [0.3, 0.4) is 0 Å². The zero-order valence-corrected chi connectivity index (χ0v) is 15.0. The Kier molecular flexibility index (Phi) is 4.27. The molecule has 8 heteroatoms. The van der Waals surface area contributed by atoms with Crippen LogP contribution >= 0.6 is 50.2 Å². The van der Waals surface area contributed by atoms with E-state index < -0.39 is 10.0 Å². The molecule has 0 atom stereocenters. The van der Waals surface area contributed by atoms with Crippen LogP contribution in [0.15, 0.2) is 30.9 Å². The van der Waals surface area contributed by atoms with Crippen molar-refractivity contribution in [1.29, 1.82) is 0 Å². The first-order valence-corrected chi connectivity index (χ1v) is 10.3. The first kappa shape index (κ1) is 15.0. The molecule has 2 aromatic heterocycles. The van der Waals surface area contributed by atoms with E-state index in [0.717, 1.165) is 18.4 Å². The topological polar surface area (TPSA) is 37.4 Å². The lowest BCUT2D eigenvalue weighted by Crippen LogP contribution is -2.32. The molecule has 0 spiro atoms. The van der Waals surface area contributed by atoms with Crippen LogP contribution in [0.1, 0.15) is 18.4 Å². The van der Waals surface area contributed by atoms with E-state index in [1.54, 1.807) is 15.6 Å². The molecule has 3 rings (SSSR count). The van der Waals surface area contributed by atoms with Gasteiger partial charge in [0.05, 0.1) is 8.81 Å². The Hall–Kier alpha value is 0.0800. The first-order valence-electron chi connectivity index (χ1n) is 5.96. The van der Waals surface area contributed by atoms with Gasteiger partial charge in [-0.3, -0.25) is 0 Å². The number of hydrogen-bond donors (Lipinski definition) is 0. The van der Waals surface area contributed by atoms with Crippen LogP contribution in [0.5, 0.6) is 0 Å². The number of nitrogens with zero attached hydrogens (tertiary/aromatic N) is 1. The lowest BCUT2D eigenvalue weighted by molar-refractivity contribution is 0.400. The standard InChI is InChI=1S/C12H11BrClNO2S3/c13-12-10(14)5-11(19-12)20(16,17)15(9-1-2-9)6-8-3-4-18-7-8/h3-5,7,9H,1-2,6H2. The van der Waals surface area contributed by atoms with Gasteiger partial charge in [-0.1, -0.05) is 11.6 Å². The second kappa shape index (κ2) is 5.70. The molecule has 0 N–H and O–H groups in total. The lowest BCUT2D eigenvalue weighted by atomic mass is 10.3. The molecule has 0 aliphatic heterocycles. The molecule has 1 fully saturated rings. The summed E-state index contributed by atoms with van der Waals surface area (Å²) in [5, 5.41) is 4.40. The predicted molar refractivity (Wildman–Crippen MR) is 87.1 cm³/mol. The van der Waals surface area contributed by atoms with Gasteiger partial charge in [-0.05, 0) is 57.2 Å². The molecule has 3 nitrogen and oxygen atoms in total. The van der Waals surface area contributed by atoms with E-state index in [0.29, 0.717) is 19.6 Å². The minimum Gasteiger partial charge on any atom is -0.206 e. The molecule has 1 aliphatic carbocycles. The largest absolute Gasteiger partial charge is 0.253 e. The van der Waals surface area contributed by atoms with Crippen LogP contribution < -0.4 is 0 Å². The van der Waals surface area contributed by atoms with Gasteiger partial charge < -0.3 is 0 Å². The molecule has 20 heavy (non-hydrogen) atoms. The Morgan fingerprint density at radius 2 is 2.20 bits per heavy atom. The van der Waals surface area contributed by atoms with Crippen LogP contribution in [-0.2, 0) is 16.6 Å². The highest BCUT2D eigenvalue weighted by atomic mass is 79.9.